The van der Waals surface area contributed by atoms with Gasteiger partial charge in [0.05, 0.1) is 0 Å². The summed E-state index contributed by atoms with van der Waals surface area (Å²) in [5.41, 5.74) is 6.32. The highest BCUT2D eigenvalue weighted by Gasteiger charge is 2.36. The fourth-order valence-electron chi connectivity index (χ4n) is 1.44. The zero-order valence-electron chi connectivity index (χ0n) is 10.0. The second kappa shape index (κ2) is 5.71. The van der Waals surface area contributed by atoms with Gasteiger partial charge in [0.2, 0.25) is 11.0 Å². The van der Waals surface area contributed by atoms with Crippen molar-refractivity contribution in [2.24, 2.45) is 5.73 Å². The highest BCUT2D eigenvalue weighted by molar-refractivity contribution is 7.09. The predicted octanol–water partition coefficient (Wildman–Crippen LogP) is 2.77. The average Bonchev–Trinajstić information content (AvgIpc) is 2.86. The van der Waals surface area contributed by atoms with E-state index < -0.39 is 17.8 Å². The number of anilines is 1. The summed E-state index contributed by atoms with van der Waals surface area (Å²) in [6.45, 7) is 0.235. The molecule has 1 aromatic carbocycles. The third-order valence-electron chi connectivity index (χ3n) is 2.46. The molecular weight excluding hydrogens is 296 g/mol. The highest BCUT2D eigenvalue weighted by atomic mass is 32.1. The van der Waals surface area contributed by atoms with Gasteiger partial charge >= 0.3 is 6.18 Å². The zero-order valence-corrected chi connectivity index (χ0v) is 10.9. The summed E-state index contributed by atoms with van der Waals surface area (Å²) in [5.74, 6) is -1.68. The molecule has 3 N–H and O–H groups in total. The molecule has 0 bridgehead atoms. The first kappa shape index (κ1) is 14.7. The van der Waals surface area contributed by atoms with Gasteiger partial charge < -0.3 is 11.1 Å². The second-order valence-electron chi connectivity index (χ2n) is 3.90. The number of halogens is 4. The number of nitrogens with two attached hydrogens (primary N) is 1. The van der Waals surface area contributed by atoms with Crippen LogP contribution < -0.4 is 11.1 Å². The Morgan fingerprint density at radius 2 is 2.05 bits per heavy atom. The van der Waals surface area contributed by atoms with Crippen LogP contribution in [-0.4, -0.2) is 9.36 Å². The maximum Gasteiger partial charge on any atom is 0.452 e. The Kier molecular flexibility index (Phi) is 4.19. The molecule has 0 atom stereocenters. The fourth-order valence-corrected chi connectivity index (χ4v) is 2.02. The molecule has 2 rings (SSSR count). The van der Waals surface area contributed by atoms with Crippen LogP contribution in [0.1, 0.15) is 17.0 Å². The Labute approximate surface area is 115 Å². The first-order chi connectivity index (χ1) is 9.40. The van der Waals surface area contributed by atoms with Crippen LogP contribution in [0.2, 0.25) is 0 Å². The lowest BCUT2D eigenvalue weighted by molar-refractivity contribution is -0.144. The summed E-state index contributed by atoms with van der Waals surface area (Å²) < 4.78 is 53.7. The third-order valence-corrected chi connectivity index (χ3v) is 3.14. The number of nitrogens with one attached hydrogen (secondary N) is 1. The van der Waals surface area contributed by atoms with Gasteiger partial charge in [-0.05, 0) is 11.6 Å². The van der Waals surface area contributed by atoms with Crippen LogP contribution in [0, 0.1) is 5.82 Å². The Morgan fingerprint density at radius 1 is 1.30 bits per heavy atom. The van der Waals surface area contributed by atoms with Gasteiger partial charge in [0.15, 0.2) is 0 Å². The lowest BCUT2D eigenvalue weighted by Gasteiger charge is -2.05. The van der Waals surface area contributed by atoms with Crippen LogP contribution in [0.4, 0.5) is 22.7 Å². The number of aromatic nitrogens is 2. The molecule has 0 radical (unpaired) electrons. The molecule has 2 aromatic rings. The molecule has 0 amide bonds. The number of alkyl halides is 3. The zero-order chi connectivity index (χ0) is 14.8. The largest absolute Gasteiger partial charge is 0.452 e. The summed E-state index contributed by atoms with van der Waals surface area (Å²) in [5, 5.41) is 2.59. The van der Waals surface area contributed by atoms with Gasteiger partial charge in [-0.2, -0.15) is 22.5 Å². The molecule has 1 heterocycles. The van der Waals surface area contributed by atoms with Gasteiger partial charge in [-0.1, -0.05) is 12.1 Å². The summed E-state index contributed by atoms with van der Waals surface area (Å²) >= 11 is 0.575. The number of benzene rings is 1. The van der Waals surface area contributed by atoms with Crippen molar-refractivity contribution in [2.45, 2.75) is 19.3 Å². The Morgan fingerprint density at radius 3 is 2.60 bits per heavy atom. The molecule has 0 aliphatic rings. The molecule has 0 unspecified atom stereocenters. The first-order valence-electron chi connectivity index (χ1n) is 5.52. The molecule has 20 heavy (non-hydrogen) atoms. The van der Waals surface area contributed by atoms with E-state index in [0.29, 0.717) is 22.7 Å². The van der Waals surface area contributed by atoms with Crippen molar-refractivity contribution >= 4 is 16.7 Å². The van der Waals surface area contributed by atoms with Crippen LogP contribution in [-0.2, 0) is 19.3 Å². The van der Waals surface area contributed by atoms with Crippen molar-refractivity contribution in [1.82, 2.24) is 9.36 Å². The van der Waals surface area contributed by atoms with E-state index in [9.17, 15) is 17.6 Å². The van der Waals surface area contributed by atoms with Crippen molar-refractivity contribution in [1.29, 1.82) is 0 Å². The van der Waals surface area contributed by atoms with Gasteiger partial charge in [0.25, 0.3) is 0 Å². The van der Waals surface area contributed by atoms with Crippen LogP contribution >= 0.6 is 11.5 Å². The van der Waals surface area contributed by atoms with Gasteiger partial charge in [-0.3, -0.25) is 0 Å². The summed E-state index contributed by atoms with van der Waals surface area (Å²) in [4.78, 5) is 3.29. The Hall–Kier alpha value is -1.74. The Bertz CT molecular complexity index is 596. The van der Waals surface area contributed by atoms with Crippen molar-refractivity contribution in [2.75, 3.05) is 5.32 Å². The minimum absolute atomic E-state index is 0.0142. The molecule has 4 nitrogen and oxygen atoms in total. The lowest BCUT2D eigenvalue weighted by atomic mass is 10.1. The number of hydrogen-bond donors (Lipinski definition) is 2. The number of rotatable bonds is 4. The normalized spacial score (nSPS) is 11.7. The van der Waals surface area contributed by atoms with Crippen LogP contribution in [0.25, 0.3) is 0 Å². The topological polar surface area (TPSA) is 63.8 Å². The minimum atomic E-state index is -4.58. The SMILES string of the molecule is NCc1ccc(CNc2nc(C(F)(F)F)ns2)c(F)c1. The Balaban J connectivity index is 2.04. The maximum absolute atomic E-state index is 13.6. The van der Waals surface area contributed by atoms with E-state index in [0.717, 1.165) is 0 Å². The highest BCUT2D eigenvalue weighted by Crippen LogP contribution is 2.29. The van der Waals surface area contributed by atoms with E-state index in [1.54, 1.807) is 6.07 Å². The molecule has 0 saturated heterocycles. The molecule has 1 aromatic heterocycles. The monoisotopic (exact) mass is 306 g/mol. The summed E-state index contributed by atoms with van der Waals surface area (Å²) in [6, 6.07) is 4.47. The summed E-state index contributed by atoms with van der Waals surface area (Å²) in [7, 11) is 0. The summed E-state index contributed by atoms with van der Waals surface area (Å²) in [6.07, 6.45) is -4.58. The quantitative estimate of drug-likeness (QED) is 0.853. The van der Waals surface area contributed by atoms with Crippen LogP contribution in [0.5, 0.6) is 0 Å². The van der Waals surface area contributed by atoms with E-state index >= 15 is 0 Å². The van der Waals surface area contributed by atoms with Crippen molar-refractivity contribution in [3.8, 4) is 0 Å². The molecule has 0 aliphatic heterocycles. The molecule has 0 saturated carbocycles. The van der Waals surface area contributed by atoms with E-state index in [1.807, 2.05) is 0 Å². The molecule has 9 heteroatoms. The van der Waals surface area contributed by atoms with Gasteiger partial charge in [-0.15, -0.1) is 0 Å². The first-order valence-corrected chi connectivity index (χ1v) is 6.29. The standard InChI is InChI=1S/C11H10F4N4S/c12-8-3-6(4-16)1-2-7(8)5-17-10-18-9(19-20-10)11(13,14)15/h1-3H,4-5,16H2,(H,17,18,19). The van der Waals surface area contributed by atoms with Crippen molar-refractivity contribution < 1.29 is 17.6 Å². The van der Waals surface area contributed by atoms with Gasteiger partial charge in [0.1, 0.15) is 5.82 Å². The molecular formula is C11H10F4N4S. The second-order valence-corrected chi connectivity index (χ2v) is 4.66. The van der Waals surface area contributed by atoms with Crippen molar-refractivity contribution in [3.05, 3.63) is 41.0 Å². The van der Waals surface area contributed by atoms with E-state index in [-0.39, 0.29) is 18.2 Å². The number of hydrogen-bond acceptors (Lipinski definition) is 5. The smallest absolute Gasteiger partial charge is 0.356 e. The molecule has 0 fully saturated rings. The van der Waals surface area contributed by atoms with Gasteiger partial charge in [-0.25, -0.2) is 4.39 Å². The molecule has 0 aliphatic carbocycles. The van der Waals surface area contributed by atoms with E-state index in [1.165, 1.54) is 12.1 Å². The predicted molar refractivity (Wildman–Crippen MR) is 66.5 cm³/mol. The minimum Gasteiger partial charge on any atom is -0.356 e. The molecule has 108 valence electrons. The third kappa shape index (κ3) is 3.42. The van der Waals surface area contributed by atoms with Crippen LogP contribution in [0.15, 0.2) is 18.2 Å². The maximum atomic E-state index is 13.6. The van der Waals surface area contributed by atoms with Gasteiger partial charge in [0, 0.05) is 30.2 Å². The van der Waals surface area contributed by atoms with E-state index in [4.69, 9.17) is 5.73 Å². The molecule has 0 spiro atoms. The van der Waals surface area contributed by atoms with E-state index in [2.05, 4.69) is 14.7 Å². The fraction of sp³-hybridized carbons (Fsp3) is 0.273. The lowest BCUT2D eigenvalue weighted by Crippen LogP contribution is -2.08. The van der Waals surface area contributed by atoms with Crippen molar-refractivity contribution in [3.63, 3.8) is 0 Å². The average molecular weight is 306 g/mol. The van der Waals surface area contributed by atoms with Crippen LogP contribution in [0.3, 0.4) is 0 Å². The number of nitrogens with zero attached hydrogens (tertiary/aromatic N) is 2.